The zero-order valence-electron chi connectivity index (χ0n) is 9.78. The standard InChI is InChI=1S/C10H17F2NO4/c1-6(10(15)16)7(2)13-9(14)3-4-17-5-8(11)12/h6-8H,3-5H2,1-2H3,(H,13,14)(H,15,16). The predicted molar refractivity (Wildman–Crippen MR) is 55.8 cm³/mol. The van der Waals surface area contributed by atoms with Crippen LogP contribution in [-0.4, -0.2) is 42.7 Å². The first-order valence-corrected chi connectivity index (χ1v) is 5.22. The van der Waals surface area contributed by atoms with Gasteiger partial charge in [0.2, 0.25) is 5.91 Å². The second-order valence-electron chi connectivity index (χ2n) is 3.70. The van der Waals surface area contributed by atoms with E-state index in [4.69, 9.17) is 5.11 Å². The van der Waals surface area contributed by atoms with E-state index in [0.29, 0.717) is 0 Å². The van der Waals surface area contributed by atoms with Crippen LogP contribution in [0.5, 0.6) is 0 Å². The Hall–Kier alpha value is -1.24. The van der Waals surface area contributed by atoms with Crippen molar-refractivity contribution in [1.29, 1.82) is 0 Å². The maximum atomic E-state index is 11.7. The first-order chi connectivity index (χ1) is 7.84. The highest BCUT2D eigenvalue weighted by atomic mass is 19.3. The van der Waals surface area contributed by atoms with Crippen molar-refractivity contribution in [3.8, 4) is 0 Å². The molecule has 17 heavy (non-hydrogen) atoms. The lowest BCUT2D eigenvalue weighted by molar-refractivity contribution is -0.142. The van der Waals surface area contributed by atoms with E-state index in [-0.39, 0.29) is 13.0 Å². The molecule has 0 aromatic rings. The molecule has 5 nitrogen and oxygen atoms in total. The smallest absolute Gasteiger partial charge is 0.308 e. The number of alkyl halides is 2. The molecule has 1 amide bonds. The van der Waals surface area contributed by atoms with Crippen LogP contribution in [0.25, 0.3) is 0 Å². The van der Waals surface area contributed by atoms with Crippen LogP contribution in [0.2, 0.25) is 0 Å². The predicted octanol–water partition coefficient (Wildman–Crippen LogP) is 0.884. The van der Waals surface area contributed by atoms with Crippen molar-refractivity contribution in [3.63, 3.8) is 0 Å². The number of carboxylic acid groups (broad SMARTS) is 1. The summed E-state index contributed by atoms with van der Waals surface area (Å²) in [5.74, 6) is -2.13. The Labute approximate surface area is 98.1 Å². The number of carboxylic acids is 1. The van der Waals surface area contributed by atoms with Crippen LogP contribution in [-0.2, 0) is 14.3 Å². The van der Waals surface area contributed by atoms with E-state index >= 15 is 0 Å². The van der Waals surface area contributed by atoms with Crippen LogP contribution in [0.1, 0.15) is 20.3 Å². The van der Waals surface area contributed by atoms with E-state index in [1.165, 1.54) is 6.92 Å². The van der Waals surface area contributed by atoms with Crippen molar-refractivity contribution in [2.24, 2.45) is 5.92 Å². The van der Waals surface area contributed by atoms with Gasteiger partial charge in [-0.25, -0.2) is 8.78 Å². The molecule has 2 N–H and O–H groups in total. The third-order valence-corrected chi connectivity index (χ3v) is 2.25. The number of rotatable bonds is 8. The van der Waals surface area contributed by atoms with Gasteiger partial charge in [-0.15, -0.1) is 0 Å². The van der Waals surface area contributed by atoms with Gasteiger partial charge in [0.05, 0.1) is 12.5 Å². The van der Waals surface area contributed by atoms with Gasteiger partial charge in [-0.3, -0.25) is 9.59 Å². The highest BCUT2D eigenvalue weighted by molar-refractivity contribution is 5.78. The maximum Gasteiger partial charge on any atom is 0.308 e. The fourth-order valence-corrected chi connectivity index (χ4v) is 1.00. The zero-order valence-corrected chi connectivity index (χ0v) is 9.78. The molecule has 0 fully saturated rings. The van der Waals surface area contributed by atoms with Gasteiger partial charge in [-0.05, 0) is 13.8 Å². The first-order valence-electron chi connectivity index (χ1n) is 5.22. The number of carbonyl (C=O) groups excluding carboxylic acids is 1. The Balaban J connectivity index is 3.75. The van der Waals surface area contributed by atoms with Crippen LogP contribution < -0.4 is 5.32 Å². The monoisotopic (exact) mass is 253 g/mol. The summed E-state index contributed by atoms with van der Waals surface area (Å²) in [6.45, 7) is 2.23. The molecule has 7 heteroatoms. The van der Waals surface area contributed by atoms with Gasteiger partial charge in [-0.2, -0.15) is 0 Å². The summed E-state index contributed by atoms with van der Waals surface area (Å²) in [5.41, 5.74) is 0. The maximum absolute atomic E-state index is 11.7. The fourth-order valence-electron chi connectivity index (χ4n) is 1.00. The molecule has 0 aromatic heterocycles. The SMILES string of the molecule is CC(NC(=O)CCOCC(F)F)C(C)C(=O)O. The van der Waals surface area contributed by atoms with Gasteiger partial charge in [0.25, 0.3) is 6.43 Å². The third-order valence-electron chi connectivity index (χ3n) is 2.25. The van der Waals surface area contributed by atoms with Crippen molar-refractivity contribution >= 4 is 11.9 Å². The molecular formula is C10H17F2NO4. The fraction of sp³-hybridized carbons (Fsp3) is 0.800. The molecule has 0 saturated heterocycles. The Bertz CT molecular complexity index is 261. The second kappa shape index (κ2) is 7.94. The number of halogens is 2. The lowest BCUT2D eigenvalue weighted by Crippen LogP contribution is -2.40. The topological polar surface area (TPSA) is 75.6 Å². The van der Waals surface area contributed by atoms with Crippen LogP contribution in [0, 0.1) is 5.92 Å². The van der Waals surface area contributed by atoms with Gasteiger partial charge >= 0.3 is 5.97 Å². The minimum Gasteiger partial charge on any atom is -0.481 e. The molecule has 0 aliphatic heterocycles. The summed E-state index contributed by atoms with van der Waals surface area (Å²) in [4.78, 5) is 21.9. The third kappa shape index (κ3) is 7.62. The molecule has 2 atom stereocenters. The summed E-state index contributed by atoms with van der Waals surface area (Å²) >= 11 is 0. The second-order valence-corrected chi connectivity index (χ2v) is 3.70. The van der Waals surface area contributed by atoms with E-state index in [0.717, 1.165) is 0 Å². The molecule has 2 unspecified atom stereocenters. The van der Waals surface area contributed by atoms with Crippen molar-refractivity contribution in [3.05, 3.63) is 0 Å². The number of nitrogens with one attached hydrogen (secondary N) is 1. The Morgan fingerprint density at radius 1 is 1.35 bits per heavy atom. The molecule has 0 spiro atoms. The number of aliphatic carboxylic acids is 1. The summed E-state index contributed by atoms with van der Waals surface area (Å²) in [7, 11) is 0. The normalized spacial score (nSPS) is 14.4. The molecule has 0 saturated carbocycles. The number of ether oxygens (including phenoxy) is 1. The molecule has 100 valence electrons. The van der Waals surface area contributed by atoms with Crippen molar-refractivity contribution in [2.45, 2.75) is 32.7 Å². The number of amides is 1. The summed E-state index contributed by atoms with van der Waals surface area (Å²) in [6.07, 6.45) is -2.62. The lowest BCUT2D eigenvalue weighted by atomic mass is 10.0. The van der Waals surface area contributed by atoms with Gasteiger partial charge in [0, 0.05) is 12.5 Å². The average Bonchev–Trinajstić information content (AvgIpc) is 2.22. The number of hydrogen-bond donors (Lipinski definition) is 2. The molecule has 0 rings (SSSR count). The van der Waals surface area contributed by atoms with E-state index in [9.17, 15) is 18.4 Å². The number of carbonyl (C=O) groups is 2. The Morgan fingerprint density at radius 3 is 2.41 bits per heavy atom. The van der Waals surface area contributed by atoms with E-state index < -0.39 is 36.9 Å². The van der Waals surface area contributed by atoms with Crippen LogP contribution in [0.4, 0.5) is 8.78 Å². The Kier molecular flexibility index (Phi) is 7.36. The zero-order chi connectivity index (χ0) is 13.4. The van der Waals surface area contributed by atoms with Crippen LogP contribution in [0.3, 0.4) is 0 Å². The number of hydrogen-bond acceptors (Lipinski definition) is 3. The average molecular weight is 253 g/mol. The van der Waals surface area contributed by atoms with Crippen molar-refractivity contribution in [2.75, 3.05) is 13.2 Å². The van der Waals surface area contributed by atoms with Crippen LogP contribution >= 0.6 is 0 Å². The molecular weight excluding hydrogens is 236 g/mol. The van der Waals surface area contributed by atoms with Crippen molar-refractivity contribution in [1.82, 2.24) is 5.32 Å². The van der Waals surface area contributed by atoms with E-state index in [1.54, 1.807) is 6.92 Å². The molecule has 0 bridgehead atoms. The lowest BCUT2D eigenvalue weighted by Gasteiger charge is -2.17. The minimum absolute atomic E-state index is 0.0661. The van der Waals surface area contributed by atoms with Gasteiger partial charge in [-0.1, -0.05) is 0 Å². The Morgan fingerprint density at radius 2 is 1.94 bits per heavy atom. The van der Waals surface area contributed by atoms with Gasteiger partial charge in [0.1, 0.15) is 6.61 Å². The molecule has 0 heterocycles. The molecule has 0 aromatic carbocycles. The van der Waals surface area contributed by atoms with E-state index in [2.05, 4.69) is 10.1 Å². The first kappa shape index (κ1) is 15.8. The minimum atomic E-state index is -2.55. The van der Waals surface area contributed by atoms with Crippen LogP contribution in [0.15, 0.2) is 0 Å². The highest BCUT2D eigenvalue weighted by Gasteiger charge is 2.20. The molecule has 0 aliphatic carbocycles. The molecule has 0 aliphatic rings. The quantitative estimate of drug-likeness (QED) is 0.630. The van der Waals surface area contributed by atoms with Gasteiger partial charge in [0.15, 0.2) is 0 Å². The largest absolute Gasteiger partial charge is 0.481 e. The van der Waals surface area contributed by atoms with Crippen molar-refractivity contribution < 1.29 is 28.2 Å². The van der Waals surface area contributed by atoms with Gasteiger partial charge < -0.3 is 15.2 Å². The summed E-state index contributed by atoms with van der Waals surface area (Å²) < 4.78 is 27.9. The summed E-state index contributed by atoms with van der Waals surface area (Å²) in [5, 5.41) is 11.1. The molecule has 0 radical (unpaired) electrons. The highest BCUT2D eigenvalue weighted by Crippen LogP contribution is 2.02. The van der Waals surface area contributed by atoms with E-state index in [1.807, 2.05) is 0 Å². The summed E-state index contributed by atoms with van der Waals surface area (Å²) in [6, 6.07) is -0.518.